The van der Waals surface area contributed by atoms with E-state index in [4.69, 9.17) is 5.11 Å². The quantitative estimate of drug-likeness (QED) is 0.827. The zero-order valence-electron chi connectivity index (χ0n) is 11.3. The topological polar surface area (TPSA) is 69.6 Å². The summed E-state index contributed by atoms with van der Waals surface area (Å²) in [5.41, 5.74) is 0.823. The Morgan fingerprint density at radius 2 is 2.00 bits per heavy atom. The third kappa shape index (κ3) is 3.17. The molecule has 0 fully saturated rings. The van der Waals surface area contributed by atoms with Gasteiger partial charge >= 0.3 is 12.0 Å². The predicted octanol–water partition coefficient (Wildman–Crippen LogP) is 2.25. The molecule has 1 aliphatic carbocycles. The van der Waals surface area contributed by atoms with Gasteiger partial charge in [0, 0.05) is 12.2 Å². The second kappa shape index (κ2) is 6.23. The fourth-order valence-corrected chi connectivity index (χ4v) is 2.28. The van der Waals surface area contributed by atoms with Gasteiger partial charge < -0.3 is 10.4 Å². The lowest BCUT2D eigenvalue weighted by Crippen LogP contribution is -2.44. The SMILES string of the molecule is CCN(C(=O)NC1C=CC(C(=O)O)C1)c1ccccc1. The van der Waals surface area contributed by atoms with Crippen molar-refractivity contribution in [1.82, 2.24) is 5.32 Å². The van der Waals surface area contributed by atoms with Crippen LogP contribution in [0.3, 0.4) is 0 Å². The number of para-hydroxylation sites is 1. The number of nitrogens with one attached hydrogen (secondary N) is 1. The molecular weight excluding hydrogens is 256 g/mol. The van der Waals surface area contributed by atoms with Gasteiger partial charge in [0.15, 0.2) is 0 Å². The molecule has 0 saturated carbocycles. The molecule has 5 heteroatoms. The predicted molar refractivity (Wildman–Crippen MR) is 76.7 cm³/mol. The highest BCUT2D eigenvalue weighted by atomic mass is 16.4. The van der Waals surface area contributed by atoms with Crippen molar-refractivity contribution in [2.24, 2.45) is 5.92 Å². The number of nitrogens with zero attached hydrogens (tertiary/aromatic N) is 1. The first-order valence-electron chi connectivity index (χ1n) is 6.66. The minimum atomic E-state index is -0.853. The molecule has 20 heavy (non-hydrogen) atoms. The highest BCUT2D eigenvalue weighted by Crippen LogP contribution is 2.19. The third-order valence-electron chi connectivity index (χ3n) is 3.34. The summed E-state index contributed by atoms with van der Waals surface area (Å²) in [6.45, 7) is 2.45. The van der Waals surface area contributed by atoms with Gasteiger partial charge in [-0.2, -0.15) is 0 Å². The average Bonchev–Trinajstić information content (AvgIpc) is 2.89. The van der Waals surface area contributed by atoms with Crippen LogP contribution in [0.15, 0.2) is 42.5 Å². The summed E-state index contributed by atoms with van der Waals surface area (Å²) in [5, 5.41) is 11.8. The summed E-state index contributed by atoms with van der Waals surface area (Å²) in [6, 6.07) is 8.96. The van der Waals surface area contributed by atoms with Gasteiger partial charge in [-0.3, -0.25) is 9.69 Å². The van der Waals surface area contributed by atoms with Gasteiger partial charge in [0.25, 0.3) is 0 Å². The van der Waals surface area contributed by atoms with Crippen molar-refractivity contribution in [2.75, 3.05) is 11.4 Å². The van der Waals surface area contributed by atoms with Crippen molar-refractivity contribution < 1.29 is 14.7 Å². The zero-order chi connectivity index (χ0) is 14.5. The normalized spacial score (nSPS) is 20.6. The number of aliphatic carboxylic acids is 1. The number of carbonyl (C=O) groups is 2. The molecule has 0 aliphatic heterocycles. The summed E-state index contributed by atoms with van der Waals surface area (Å²) >= 11 is 0. The van der Waals surface area contributed by atoms with Gasteiger partial charge in [0.05, 0.1) is 12.0 Å². The molecule has 0 spiro atoms. The lowest BCUT2D eigenvalue weighted by Gasteiger charge is -2.23. The molecule has 0 saturated heterocycles. The summed E-state index contributed by atoms with van der Waals surface area (Å²) in [6.07, 6.45) is 3.79. The van der Waals surface area contributed by atoms with E-state index in [0.717, 1.165) is 5.69 Å². The summed E-state index contributed by atoms with van der Waals surface area (Å²) in [5.74, 6) is -1.36. The first-order valence-corrected chi connectivity index (χ1v) is 6.66. The Morgan fingerprint density at radius 3 is 2.55 bits per heavy atom. The van der Waals surface area contributed by atoms with Crippen molar-refractivity contribution in [2.45, 2.75) is 19.4 Å². The maximum Gasteiger partial charge on any atom is 0.322 e. The van der Waals surface area contributed by atoms with Gasteiger partial charge in [-0.25, -0.2) is 4.79 Å². The second-order valence-corrected chi connectivity index (χ2v) is 4.70. The lowest BCUT2D eigenvalue weighted by atomic mass is 10.1. The van der Waals surface area contributed by atoms with Crippen LogP contribution in [0.25, 0.3) is 0 Å². The minimum Gasteiger partial charge on any atom is -0.481 e. The third-order valence-corrected chi connectivity index (χ3v) is 3.34. The Hall–Kier alpha value is -2.30. The Kier molecular flexibility index (Phi) is 4.40. The van der Waals surface area contributed by atoms with Crippen LogP contribution in [0.4, 0.5) is 10.5 Å². The maximum absolute atomic E-state index is 12.2. The number of hydrogen-bond acceptors (Lipinski definition) is 2. The number of hydrogen-bond donors (Lipinski definition) is 2. The van der Waals surface area contributed by atoms with E-state index < -0.39 is 11.9 Å². The number of urea groups is 1. The first-order chi connectivity index (χ1) is 9.61. The molecule has 1 aromatic carbocycles. The van der Waals surface area contributed by atoms with E-state index in [-0.39, 0.29) is 12.1 Å². The van der Waals surface area contributed by atoms with E-state index >= 15 is 0 Å². The molecule has 5 nitrogen and oxygen atoms in total. The van der Waals surface area contributed by atoms with E-state index in [0.29, 0.717) is 13.0 Å². The van der Waals surface area contributed by atoms with Gasteiger partial charge in [-0.15, -0.1) is 0 Å². The van der Waals surface area contributed by atoms with Gasteiger partial charge in [0.1, 0.15) is 0 Å². The van der Waals surface area contributed by atoms with Crippen molar-refractivity contribution >= 4 is 17.7 Å². The molecule has 2 rings (SSSR count). The second-order valence-electron chi connectivity index (χ2n) is 4.70. The molecule has 0 bridgehead atoms. The van der Waals surface area contributed by atoms with Crippen LogP contribution in [0.5, 0.6) is 0 Å². The smallest absolute Gasteiger partial charge is 0.322 e. The Labute approximate surface area is 117 Å². The summed E-state index contributed by atoms with van der Waals surface area (Å²) in [4.78, 5) is 24.7. The van der Waals surface area contributed by atoms with Gasteiger partial charge in [0.2, 0.25) is 0 Å². The largest absolute Gasteiger partial charge is 0.481 e. The molecule has 0 radical (unpaired) electrons. The molecule has 2 amide bonds. The molecule has 1 aromatic rings. The van der Waals surface area contributed by atoms with Crippen LogP contribution in [0.2, 0.25) is 0 Å². The van der Waals surface area contributed by atoms with Crippen LogP contribution in [-0.4, -0.2) is 29.7 Å². The Bertz CT molecular complexity index is 513. The number of carboxylic acid groups (broad SMARTS) is 1. The van der Waals surface area contributed by atoms with E-state index in [1.807, 2.05) is 37.3 Å². The van der Waals surface area contributed by atoms with E-state index in [1.54, 1.807) is 17.1 Å². The molecule has 0 heterocycles. The molecule has 2 unspecified atom stereocenters. The maximum atomic E-state index is 12.2. The van der Waals surface area contributed by atoms with Crippen LogP contribution >= 0.6 is 0 Å². The van der Waals surface area contributed by atoms with E-state index in [2.05, 4.69) is 5.32 Å². The molecular formula is C15H18N2O3. The molecule has 1 aliphatic rings. The first kappa shape index (κ1) is 14.1. The van der Waals surface area contributed by atoms with E-state index in [1.165, 1.54) is 0 Å². The van der Waals surface area contributed by atoms with E-state index in [9.17, 15) is 9.59 Å². The number of rotatable bonds is 4. The number of carboxylic acids is 1. The van der Waals surface area contributed by atoms with Crippen molar-refractivity contribution in [3.05, 3.63) is 42.5 Å². The fraction of sp³-hybridized carbons (Fsp3) is 0.333. The van der Waals surface area contributed by atoms with Gasteiger partial charge in [-0.05, 0) is 25.5 Å². The highest BCUT2D eigenvalue weighted by molar-refractivity contribution is 5.92. The number of carbonyl (C=O) groups excluding carboxylic acids is 1. The molecule has 0 aromatic heterocycles. The zero-order valence-corrected chi connectivity index (χ0v) is 11.3. The standard InChI is InChI=1S/C15H18N2O3/c1-2-17(13-6-4-3-5-7-13)15(20)16-12-9-8-11(10-12)14(18)19/h3-9,11-12H,2,10H2,1H3,(H,16,20)(H,18,19). The van der Waals surface area contributed by atoms with Crippen molar-refractivity contribution in [1.29, 1.82) is 0 Å². The Balaban J connectivity index is 1.98. The van der Waals surface area contributed by atoms with Crippen LogP contribution in [-0.2, 0) is 4.79 Å². The Morgan fingerprint density at radius 1 is 1.30 bits per heavy atom. The lowest BCUT2D eigenvalue weighted by molar-refractivity contribution is -0.140. The number of anilines is 1. The van der Waals surface area contributed by atoms with Gasteiger partial charge in [-0.1, -0.05) is 30.4 Å². The summed E-state index contributed by atoms with van der Waals surface area (Å²) in [7, 11) is 0. The molecule has 2 N–H and O–H groups in total. The number of benzene rings is 1. The van der Waals surface area contributed by atoms with Crippen LogP contribution < -0.4 is 10.2 Å². The molecule has 2 atom stereocenters. The van der Waals surface area contributed by atoms with Crippen LogP contribution in [0, 0.1) is 5.92 Å². The number of amides is 2. The highest BCUT2D eigenvalue weighted by Gasteiger charge is 2.26. The monoisotopic (exact) mass is 274 g/mol. The van der Waals surface area contributed by atoms with Crippen molar-refractivity contribution in [3.63, 3.8) is 0 Å². The van der Waals surface area contributed by atoms with Crippen molar-refractivity contribution in [3.8, 4) is 0 Å². The summed E-state index contributed by atoms with van der Waals surface area (Å²) < 4.78 is 0. The average molecular weight is 274 g/mol. The minimum absolute atomic E-state index is 0.209. The fourth-order valence-electron chi connectivity index (χ4n) is 2.28. The molecule has 106 valence electrons. The van der Waals surface area contributed by atoms with Crippen LogP contribution in [0.1, 0.15) is 13.3 Å².